The molecule has 1 heterocycles. The summed E-state index contributed by atoms with van der Waals surface area (Å²) in [5.74, 6) is 2.14. The smallest absolute Gasteiger partial charge is 0.259 e. The van der Waals surface area contributed by atoms with Crippen LogP contribution in [0.3, 0.4) is 0 Å². The molecular weight excluding hydrogens is 374 g/mol. The van der Waals surface area contributed by atoms with Crippen LogP contribution >= 0.6 is 0 Å². The van der Waals surface area contributed by atoms with Crippen molar-refractivity contribution in [3.05, 3.63) is 77.0 Å². The third-order valence-electron chi connectivity index (χ3n) is 5.00. The fourth-order valence-corrected chi connectivity index (χ4v) is 3.07. The largest absolute Gasteiger partial charge is 0.457 e. The first-order valence-corrected chi connectivity index (χ1v) is 10.2. The predicted molar refractivity (Wildman–Crippen MR) is 122 cm³/mol. The van der Waals surface area contributed by atoms with Gasteiger partial charge in [-0.25, -0.2) is 4.98 Å². The summed E-state index contributed by atoms with van der Waals surface area (Å²) < 4.78 is 5.98. The summed E-state index contributed by atoms with van der Waals surface area (Å²) in [5.41, 5.74) is 9.96. The number of nitrogens with two attached hydrogens (primary N) is 1. The normalized spacial score (nSPS) is 10.8. The van der Waals surface area contributed by atoms with Gasteiger partial charge < -0.3 is 15.8 Å². The highest BCUT2D eigenvalue weighted by Gasteiger charge is 2.13. The average molecular weight is 404 g/mol. The first-order chi connectivity index (χ1) is 14.3. The second-order valence-electron chi connectivity index (χ2n) is 7.98. The van der Waals surface area contributed by atoms with Crippen LogP contribution in [0.2, 0.25) is 0 Å². The van der Waals surface area contributed by atoms with Crippen LogP contribution in [-0.4, -0.2) is 10.9 Å². The van der Waals surface area contributed by atoms with E-state index in [0.29, 0.717) is 22.9 Å². The van der Waals surface area contributed by atoms with E-state index in [2.05, 4.69) is 36.3 Å². The molecule has 156 valence electrons. The molecule has 0 saturated heterocycles. The molecule has 0 spiro atoms. The van der Waals surface area contributed by atoms with E-state index in [4.69, 9.17) is 10.5 Å². The summed E-state index contributed by atoms with van der Waals surface area (Å²) in [4.78, 5) is 16.8. The fourth-order valence-electron chi connectivity index (χ4n) is 3.07. The molecule has 5 heteroatoms. The third kappa shape index (κ3) is 5.60. The Morgan fingerprint density at radius 3 is 2.50 bits per heavy atom. The maximum Gasteiger partial charge on any atom is 0.259 e. The summed E-state index contributed by atoms with van der Waals surface area (Å²) >= 11 is 0. The molecule has 1 amide bonds. The Kier molecular flexibility index (Phi) is 6.72. The second kappa shape index (κ2) is 9.44. The summed E-state index contributed by atoms with van der Waals surface area (Å²) in [6.07, 6.45) is 2.19. The highest BCUT2D eigenvalue weighted by Crippen LogP contribution is 2.25. The Balaban J connectivity index is 1.65. The summed E-state index contributed by atoms with van der Waals surface area (Å²) in [7, 11) is 0. The van der Waals surface area contributed by atoms with E-state index in [1.54, 1.807) is 18.2 Å². The first-order valence-electron chi connectivity index (χ1n) is 10.2. The molecule has 0 saturated carbocycles. The van der Waals surface area contributed by atoms with Gasteiger partial charge in [0.15, 0.2) is 0 Å². The number of benzene rings is 2. The number of carbonyl (C=O) groups excluding carboxylic acids is 1. The number of hydrogen-bond acceptors (Lipinski definition) is 4. The zero-order valence-electron chi connectivity index (χ0n) is 18.0. The van der Waals surface area contributed by atoms with E-state index in [0.717, 1.165) is 29.8 Å². The zero-order valence-corrected chi connectivity index (χ0v) is 18.0. The number of hydrogen-bond donors (Lipinski definition) is 2. The van der Waals surface area contributed by atoms with Crippen LogP contribution in [0.25, 0.3) is 0 Å². The molecule has 0 aliphatic heterocycles. The number of rotatable bonds is 7. The van der Waals surface area contributed by atoms with Crippen molar-refractivity contribution in [2.75, 3.05) is 11.1 Å². The van der Waals surface area contributed by atoms with Gasteiger partial charge in [0.25, 0.3) is 5.91 Å². The number of nitrogens with zero attached hydrogens (tertiary/aromatic N) is 1. The lowest BCUT2D eigenvalue weighted by molar-refractivity contribution is 0.102. The number of pyridine rings is 1. The molecule has 0 aliphatic carbocycles. The summed E-state index contributed by atoms with van der Waals surface area (Å²) in [6.45, 7) is 8.23. The van der Waals surface area contributed by atoms with Crippen molar-refractivity contribution in [3.8, 4) is 11.5 Å². The Hall–Kier alpha value is -3.34. The molecule has 0 radical (unpaired) electrons. The van der Waals surface area contributed by atoms with Crippen molar-refractivity contribution in [1.82, 2.24) is 4.98 Å². The number of nitrogen functional groups attached to an aromatic ring is 1. The molecule has 3 N–H and O–H groups in total. The van der Waals surface area contributed by atoms with Crippen LogP contribution in [0, 0.1) is 19.8 Å². The van der Waals surface area contributed by atoms with Gasteiger partial charge in [-0.2, -0.15) is 0 Å². The van der Waals surface area contributed by atoms with E-state index < -0.39 is 0 Å². The lowest BCUT2D eigenvalue weighted by Gasteiger charge is -2.11. The highest BCUT2D eigenvalue weighted by atomic mass is 16.5. The monoisotopic (exact) mass is 403 g/mol. The molecule has 5 nitrogen and oxygen atoms in total. The second-order valence-corrected chi connectivity index (χ2v) is 7.98. The standard InChI is InChI=1S/C25H29N3O2/c1-16(2)8-9-19-6-5-7-22(15-19)30-21-12-10-20(11-13-21)28-25(29)23-14-17(3)18(4)27-24(23)26/h5-7,10-16H,8-9H2,1-4H3,(H2,26,27)(H,28,29). The van der Waals surface area contributed by atoms with E-state index >= 15 is 0 Å². The number of nitrogens with one attached hydrogen (secondary N) is 1. The van der Waals surface area contributed by atoms with Crippen molar-refractivity contribution < 1.29 is 9.53 Å². The minimum atomic E-state index is -0.283. The maximum absolute atomic E-state index is 12.6. The molecule has 1 aromatic heterocycles. The van der Waals surface area contributed by atoms with E-state index in [-0.39, 0.29) is 11.7 Å². The lowest BCUT2D eigenvalue weighted by atomic mass is 10.0. The van der Waals surface area contributed by atoms with Crippen LogP contribution in [0.1, 0.15) is 47.4 Å². The molecule has 0 fully saturated rings. The Morgan fingerprint density at radius 1 is 1.07 bits per heavy atom. The van der Waals surface area contributed by atoms with Crippen LogP contribution in [0.5, 0.6) is 11.5 Å². The van der Waals surface area contributed by atoms with Gasteiger partial charge >= 0.3 is 0 Å². The van der Waals surface area contributed by atoms with Crippen molar-refractivity contribution in [2.24, 2.45) is 5.92 Å². The fraction of sp³-hybridized carbons (Fsp3) is 0.280. The first kappa shape index (κ1) is 21.4. The van der Waals surface area contributed by atoms with Gasteiger partial charge in [0.1, 0.15) is 17.3 Å². The summed E-state index contributed by atoms with van der Waals surface area (Å²) in [5, 5.41) is 2.86. The van der Waals surface area contributed by atoms with Gasteiger partial charge in [-0.1, -0.05) is 26.0 Å². The number of ether oxygens (including phenoxy) is 1. The number of carbonyl (C=O) groups is 1. The van der Waals surface area contributed by atoms with Gasteiger partial charge in [0.2, 0.25) is 0 Å². The van der Waals surface area contributed by atoms with Crippen LogP contribution < -0.4 is 15.8 Å². The van der Waals surface area contributed by atoms with Gasteiger partial charge in [-0.15, -0.1) is 0 Å². The summed E-state index contributed by atoms with van der Waals surface area (Å²) in [6, 6.07) is 17.2. The van der Waals surface area contributed by atoms with Gasteiger partial charge in [0.05, 0.1) is 5.56 Å². The van der Waals surface area contributed by atoms with Crippen LogP contribution in [0.4, 0.5) is 11.5 Å². The van der Waals surface area contributed by atoms with E-state index in [9.17, 15) is 4.79 Å². The third-order valence-corrected chi connectivity index (χ3v) is 5.00. The minimum Gasteiger partial charge on any atom is -0.457 e. The SMILES string of the molecule is Cc1cc(C(=O)Nc2ccc(Oc3cccc(CCC(C)C)c3)cc2)c(N)nc1C. The highest BCUT2D eigenvalue weighted by molar-refractivity contribution is 6.07. The van der Waals surface area contributed by atoms with Crippen LogP contribution in [0.15, 0.2) is 54.6 Å². The zero-order chi connectivity index (χ0) is 21.7. The van der Waals surface area contributed by atoms with Gasteiger partial charge in [-0.05, 0) is 86.2 Å². The molecule has 0 bridgehead atoms. The quantitative estimate of drug-likeness (QED) is 0.514. The number of aryl methyl sites for hydroxylation is 3. The van der Waals surface area contributed by atoms with Crippen molar-refractivity contribution in [1.29, 1.82) is 0 Å². The van der Waals surface area contributed by atoms with Crippen molar-refractivity contribution >= 4 is 17.4 Å². The van der Waals surface area contributed by atoms with Crippen molar-refractivity contribution in [3.63, 3.8) is 0 Å². The Labute approximate surface area is 178 Å². The molecular formula is C25H29N3O2. The number of anilines is 2. The molecule has 0 atom stereocenters. The topological polar surface area (TPSA) is 77.2 Å². The van der Waals surface area contributed by atoms with Gasteiger partial charge in [0, 0.05) is 11.4 Å². The molecule has 30 heavy (non-hydrogen) atoms. The van der Waals surface area contributed by atoms with Gasteiger partial charge in [-0.3, -0.25) is 4.79 Å². The Bertz CT molecular complexity index is 1030. The molecule has 3 aromatic rings. The predicted octanol–water partition coefficient (Wildman–Crippen LogP) is 5.91. The van der Waals surface area contributed by atoms with E-state index in [1.807, 2.05) is 38.1 Å². The number of aromatic nitrogens is 1. The molecule has 2 aromatic carbocycles. The maximum atomic E-state index is 12.6. The van der Waals surface area contributed by atoms with Crippen LogP contribution in [-0.2, 0) is 6.42 Å². The molecule has 3 rings (SSSR count). The molecule has 0 aliphatic rings. The Morgan fingerprint density at radius 2 is 1.80 bits per heavy atom. The molecule has 0 unspecified atom stereocenters. The average Bonchev–Trinajstić information content (AvgIpc) is 2.71. The van der Waals surface area contributed by atoms with E-state index in [1.165, 1.54) is 5.56 Å². The van der Waals surface area contributed by atoms with Crippen molar-refractivity contribution in [2.45, 2.75) is 40.5 Å². The lowest BCUT2D eigenvalue weighted by Crippen LogP contribution is -2.15. The minimum absolute atomic E-state index is 0.230. The number of amides is 1.